The van der Waals surface area contributed by atoms with Gasteiger partial charge in [-0.25, -0.2) is 9.59 Å². The molecule has 0 aliphatic rings. The maximum absolute atomic E-state index is 11.7. The predicted octanol–water partition coefficient (Wildman–Crippen LogP) is 2.81. The molecule has 2 amide bonds. The van der Waals surface area contributed by atoms with Crippen molar-refractivity contribution in [3.05, 3.63) is 52.2 Å². The number of carboxylic acid groups (broad SMARTS) is 1. The van der Waals surface area contributed by atoms with Gasteiger partial charge in [0.2, 0.25) is 0 Å². The number of hydrogen-bond donors (Lipinski definition) is 3. The molecule has 3 N–H and O–H groups in total. The Balaban J connectivity index is 1.87. The van der Waals surface area contributed by atoms with Crippen LogP contribution in [0.3, 0.4) is 0 Å². The molecule has 104 valence electrons. The van der Waals surface area contributed by atoms with Crippen molar-refractivity contribution in [1.29, 1.82) is 0 Å². The van der Waals surface area contributed by atoms with E-state index in [0.717, 1.165) is 6.42 Å². The van der Waals surface area contributed by atoms with Crippen LogP contribution in [0.15, 0.2) is 41.1 Å². The number of para-hydroxylation sites is 1. The summed E-state index contributed by atoms with van der Waals surface area (Å²) in [6, 6.07) is 7.89. The van der Waals surface area contributed by atoms with Crippen LogP contribution < -0.4 is 10.6 Å². The van der Waals surface area contributed by atoms with Crippen molar-refractivity contribution in [2.45, 2.75) is 6.42 Å². The van der Waals surface area contributed by atoms with Gasteiger partial charge in [0.05, 0.1) is 11.3 Å². The van der Waals surface area contributed by atoms with Gasteiger partial charge in [-0.3, -0.25) is 0 Å². The van der Waals surface area contributed by atoms with Gasteiger partial charge in [0.1, 0.15) is 0 Å². The van der Waals surface area contributed by atoms with E-state index in [1.54, 1.807) is 29.5 Å². The summed E-state index contributed by atoms with van der Waals surface area (Å²) >= 11 is 1.61. The molecule has 0 aliphatic carbocycles. The third-order valence-electron chi connectivity index (χ3n) is 2.69. The van der Waals surface area contributed by atoms with Crippen LogP contribution in [0.1, 0.15) is 15.9 Å². The summed E-state index contributed by atoms with van der Waals surface area (Å²) in [5, 5.41) is 18.3. The first kappa shape index (κ1) is 14.1. The Labute approximate surface area is 120 Å². The number of carboxylic acids is 1. The van der Waals surface area contributed by atoms with Crippen molar-refractivity contribution in [3.8, 4) is 0 Å². The average molecular weight is 290 g/mol. The van der Waals surface area contributed by atoms with Crippen LogP contribution in [0.2, 0.25) is 0 Å². The first-order valence-electron chi connectivity index (χ1n) is 6.05. The van der Waals surface area contributed by atoms with Gasteiger partial charge in [0.15, 0.2) is 0 Å². The number of carbonyl (C=O) groups is 2. The summed E-state index contributed by atoms with van der Waals surface area (Å²) in [6.45, 7) is 0.498. The van der Waals surface area contributed by atoms with E-state index < -0.39 is 12.0 Å². The highest BCUT2D eigenvalue weighted by molar-refractivity contribution is 7.07. The van der Waals surface area contributed by atoms with E-state index in [9.17, 15) is 9.59 Å². The van der Waals surface area contributed by atoms with Crippen LogP contribution in [0.25, 0.3) is 0 Å². The van der Waals surface area contributed by atoms with E-state index >= 15 is 0 Å². The summed E-state index contributed by atoms with van der Waals surface area (Å²) in [7, 11) is 0. The smallest absolute Gasteiger partial charge is 0.337 e. The molecule has 0 aliphatic heterocycles. The minimum absolute atomic E-state index is 0.0699. The molecular formula is C14H14N2O3S. The molecule has 2 aromatic rings. The second-order valence-electron chi connectivity index (χ2n) is 4.11. The van der Waals surface area contributed by atoms with E-state index in [4.69, 9.17) is 5.11 Å². The van der Waals surface area contributed by atoms with Gasteiger partial charge < -0.3 is 15.7 Å². The zero-order chi connectivity index (χ0) is 14.4. The van der Waals surface area contributed by atoms with Crippen LogP contribution in [0, 0.1) is 0 Å². The monoisotopic (exact) mass is 290 g/mol. The lowest BCUT2D eigenvalue weighted by molar-refractivity contribution is 0.0698. The number of nitrogens with one attached hydrogen (secondary N) is 2. The molecule has 0 bridgehead atoms. The highest BCUT2D eigenvalue weighted by atomic mass is 32.1. The number of carbonyl (C=O) groups excluding carboxylic acids is 1. The normalized spacial score (nSPS) is 10.0. The first-order valence-corrected chi connectivity index (χ1v) is 6.99. The van der Waals surface area contributed by atoms with Crippen molar-refractivity contribution >= 4 is 29.0 Å². The zero-order valence-electron chi connectivity index (χ0n) is 10.6. The van der Waals surface area contributed by atoms with E-state index in [0.29, 0.717) is 6.54 Å². The molecule has 1 heterocycles. The van der Waals surface area contributed by atoms with Gasteiger partial charge in [-0.15, -0.1) is 0 Å². The third kappa shape index (κ3) is 3.83. The van der Waals surface area contributed by atoms with Crippen LogP contribution in [-0.4, -0.2) is 23.7 Å². The minimum Gasteiger partial charge on any atom is -0.478 e. The van der Waals surface area contributed by atoms with E-state index in [1.165, 1.54) is 11.6 Å². The summed E-state index contributed by atoms with van der Waals surface area (Å²) in [6.07, 6.45) is 0.748. The number of benzene rings is 1. The van der Waals surface area contributed by atoms with Crippen molar-refractivity contribution < 1.29 is 14.7 Å². The van der Waals surface area contributed by atoms with Gasteiger partial charge in [0.25, 0.3) is 0 Å². The molecule has 0 spiro atoms. The molecular weight excluding hydrogens is 276 g/mol. The summed E-state index contributed by atoms with van der Waals surface area (Å²) in [5.41, 5.74) is 1.52. The summed E-state index contributed by atoms with van der Waals surface area (Å²) in [4.78, 5) is 22.7. The molecule has 20 heavy (non-hydrogen) atoms. The first-order chi connectivity index (χ1) is 9.66. The van der Waals surface area contributed by atoms with E-state index in [1.807, 2.05) is 16.8 Å². The van der Waals surface area contributed by atoms with Gasteiger partial charge in [-0.2, -0.15) is 11.3 Å². The molecule has 0 atom stereocenters. The molecule has 1 aromatic carbocycles. The van der Waals surface area contributed by atoms with Crippen molar-refractivity contribution in [2.24, 2.45) is 0 Å². The largest absolute Gasteiger partial charge is 0.478 e. The highest BCUT2D eigenvalue weighted by Crippen LogP contribution is 2.14. The highest BCUT2D eigenvalue weighted by Gasteiger charge is 2.11. The number of thiophene rings is 1. The van der Waals surface area contributed by atoms with Crippen LogP contribution in [0.4, 0.5) is 10.5 Å². The topological polar surface area (TPSA) is 78.4 Å². The molecule has 6 heteroatoms. The Bertz CT molecular complexity index is 596. The van der Waals surface area contributed by atoms with Crippen molar-refractivity contribution in [1.82, 2.24) is 5.32 Å². The Morgan fingerprint density at radius 3 is 2.70 bits per heavy atom. The van der Waals surface area contributed by atoms with Gasteiger partial charge in [-0.1, -0.05) is 12.1 Å². The third-order valence-corrected chi connectivity index (χ3v) is 3.42. The Kier molecular flexibility index (Phi) is 4.73. The fourth-order valence-electron chi connectivity index (χ4n) is 1.70. The lowest BCUT2D eigenvalue weighted by Crippen LogP contribution is -2.31. The Morgan fingerprint density at radius 2 is 2.00 bits per heavy atom. The van der Waals surface area contributed by atoms with Gasteiger partial charge in [-0.05, 0) is 40.9 Å². The number of aromatic carboxylic acids is 1. The molecule has 0 unspecified atom stereocenters. The van der Waals surface area contributed by atoms with Crippen LogP contribution >= 0.6 is 11.3 Å². The fraction of sp³-hybridized carbons (Fsp3) is 0.143. The standard InChI is InChI=1S/C14H14N2O3S/c17-13(18)11-3-1-2-4-12(11)16-14(19)15-7-5-10-6-8-20-9-10/h1-4,6,8-9H,5,7H2,(H,17,18)(H2,15,16,19). The number of amides is 2. The SMILES string of the molecule is O=C(NCCc1ccsc1)Nc1ccccc1C(=O)O. The van der Waals surface area contributed by atoms with Gasteiger partial charge in [0, 0.05) is 6.54 Å². The molecule has 2 rings (SSSR count). The quantitative estimate of drug-likeness (QED) is 0.792. The van der Waals surface area contributed by atoms with Crippen molar-refractivity contribution in [2.75, 3.05) is 11.9 Å². The average Bonchev–Trinajstić information content (AvgIpc) is 2.92. The minimum atomic E-state index is -1.07. The maximum atomic E-state index is 11.7. The maximum Gasteiger partial charge on any atom is 0.337 e. The number of hydrogen-bond acceptors (Lipinski definition) is 3. The van der Waals surface area contributed by atoms with Crippen LogP contribution in [-0.2, 0) is 6.42 Å². The Morgan fingerprint density at radius 1 is 1.20 bits per heavy atom. The molecule has 0 fully saturated rings. The summed E-state index contributed by atoms with van der Waals surface area (Å²) < 4.78 is 0. The molecule has 0 saturated carbocycles. The predicted molar refractivity (Wildman–Crippen MR) is 78.4 cm³/mol. The Hall–Kier alpha value is -2.34. The molecule has 0 saturated heterocycles. The second kappa shape index (κ2) is 6.72. The summed E-state index contributed by atoms with van der Waals surface area (Å²) in [5.74, 6) is -1.07. The fourth-order valence-corrected chi connectivity index (χ4v) is 2.40. The number of urea groups is 1. The molecule has 1 aromatic heterocycles. The number of anilines is 1. The lowest BCUT2D eigenvalue weighted by atomic mass is 10.2. The molecule has 5 nitrogen and oxygen atoms in total. The van der Waals surface area contributed by atoms with Crippen molar-refractivity contribution in [3.63, 3.8) is 0 Å². The van der Waals surface area contributed by atoms with Gasteiger partial charge >= 0.3 is 12.0 Å². The second-order valence-corrected chi connectivity index (χ2v) is 4.89. The lowest BCUT2D eigenvalue weighted by Gasteiger charge is -2.09. The van der Waals surface area contributed by atoms with E-state index in [2.05, 4.69) is 10.6 Å². The van der Waals surface area contributed by atoms with Crippen LogP contribution in [0.5, 0.6) is 0 Å². The zero-order valence-corrected chi connectivity index (χ0v) is 11.4. The number of rotatable bonds is 5. The molecule has 0 radical (unpaired) electrons. The van der Waals surface area contributed by atoms with E-state index in [-0.39, 0.29) is 11.3 Å².